The third-order valence-electron chi connectivity index (χ3n) is 3.01. The van der Waals surface area contributed by atoms with E-state index in [9.17, 15) is 9.59 Å². The fourth-order valence-electron chi connectivity index (χ4n) is 2.04. The van der Waals surface area contributed by atoms with E-state index in [1.54, 1.807) is 6.92 Å². The predicted octanol–water partition coefficient (Wildman–Crippen LogP) is -0.630. The lowest BCUT2D eigenvalue weighted by molar-refractivity contribution is -0.149. The standard InChI is InChI=1S/C12H22N2O4/c1-2-18-12(17)10-3-6-14(7-4-10)9-11(16)13-5-8-15/h10,15H,2-9H2,1H3,(H,13,16). The first-order valence-corrected chi connectivity index (χ1v) is 6.44. The molecule has 0 unspecified atom stereocenters. The molecule has 1 aliphatic rings. The molecular weight excluding hydrogens is 236 g/mol. The van der Waals surface area contributed by atoms with Gasteiger partial charge in [0.1, 0.15) is 0 Å². The fraction of sp³-hybridized carbons (Fsp3) is 0.833. The van der Waals surface area contributed by atoms with Crippen molar-refractivity contribution in [3.05, 3.63) is 0 Å². The number of aliphatic hydroxyl groups is 1. The van der Waals surface area contributed by atoms with Crippen LogP contribution in [-0.2, 0) is 14.3 Å². The molecule has 1 rings (SSSR count). The average molecular weight is 258 g/mol. The molecule has 6 heteroatoms. The van der Waals surface area contributed by atoms with Gasteiger partial charge in [0.05, 0.1) is 25.7 Å². The minimum atomic E-state index is -0.123. The lowest BCUT2D eigenvalue weighted by Crippen LogP contribution is -2.43. The number of ether oxygens (including phenoxy) is 1. The third kappa shape index (κ3) is 5.01. The number of hydrogen-bond acceptors (Lipinski definition) is 5. The van der Waals surface area contributed by atoms with E-state index in [0.717, 1.165) is 25.9 Å². The lowest BCUT2D eigenvalue weighted by Gasteiger charge is -2.30. The van der Waals surface area contributed by atoms with Gasteiger partial charge in [0, 0.05) is 6.54 Å². The van der Waals surface area contributed by atoms with Crippen LogP contribution in [0.15, 0.2) is 0 Å². The van der Waals surface area contributed by atoms with E-state index in [1.165, 1.54) is 0 Å². The van der Waals surface area contributed by atoms with Crippen LogP contribution in [0.2, 0.25) is 0 Å². The van der Waals surface area contributed by atoms with Crippen molar-refractivity contribution in [2.24, 2.45) is 5.92 Å². The van der Waals surface area contributed by atoms with Crippen molar-refractivity contribution in [1.82, 2.24) is 10.2 Å². The molecule has 0 bridgehead atoms. The normalized spacial score (nSPS) is 17.4. The van der Waals surface area contributed by atoms with Crippen LogP contribution < -0.4 is 5.32 Å². The first kappa shape index (κ1) is 14.9. The minimum Gasteiger partial charge on any atom is -0.466 e. The van der Waals surface area contributed by atoms with Gasteiger partial charge in [-0.25, -0.2) is 0 Å². The number of likely N-dealkylation sites (tertiary alicyclic amines) is 1. The molecule has 18 heavy (non-hydrogen) atoms. The van der Waals surface area contributed by atoms with E-state index in [1.807, 2.05) is 4.90 Å². The van der Waals surface area contributed by atoms with Gasteiger partial charge in [-0.15, -0.1) is 0 Å². The summed E-state index contributed by atoms with van der Waals surface area (Å²) in [6, 6.07) is 0. The summed E-state index contributed by atoms with van der Waals surface area (Å²) in [6.45, 7) is 4.26. The van der Waals surface area contributed by atoms with E-state index < -0.39 is 0 Å². The van der Waals surface area contributed by atoms with Crippen LogP contribution >= 0.6 is 0 Å². The molecule has 0 spiro atoms. The molecule has 1 amide bonds. The van der Waals surface area contributed by atoms with E-state index in [2.05, 4.69) is 5.32 Å². The maximum absolute atomic E-state index is 11.5. The second kappa shape index (κ2) is 8.05. The number of nitrogens with one attached hydrogen (secondary N) is 1. The van der Waals surface area contributed by atoms with Gasteiger partial charge in [0.25, 0.3) is 0 Å². The number of hydrogen-bond donors (Lipinski definition) is 2. The van der Waals surface area contributed by atoms with Crippen molar-refractivity contribution < 1.29 is 19.4 Å². The lowest BCUT2D eigenvalue weighted by atomic mass is 9.97. The van der Waals surface area contributed by atoms with Crippen LogP contribution in [0.25, 0.3) is 0 Å². The Bertz CT molecular complexity index is 275. The van der Waals surface area contributed by atoms with Crippen LogP contribution in [0.3, 0.4) is 0 Å². The number of aliphatic hydroxyl groups excluding tert-OH is 1. The van der Waals surface area contributed by atoms with Crippen LogP contribution in [0.1, 0.15) is 19.8 Å². The van der Waals surface area contributed by atoms with Crippen LogP contribution in [-0.4, -0.2) is 61.3 Å². The Morgan fingerprint density at radius 3 is 2.61 bits per heavy atom. The van der Waals surface area contributed by atoms with Crippen molar-refractivity contribution in [3.63, 3.8) is 0 Å². The molecule has 1 aliphatic heterocycles. The first-order valence-electron chi connectivity index (χ1n) is 6.44. The van der Waals surface area contributed by atoms with Crippen molar-refractivity contribution in [2.75, 3.05) is 39.4 Å². The van der Waals surface area contributed by atoms with Crippen molar-refractivity contribution in [3.8, 4) is 0 Å². The summed E-state index contributed by atoms with van der Waals surface area (Å²) in [7, 11) is 0. The first-order chi connectivity index (χ1) is 8.67. The zero-order chi connectivity index (χ0) is 13.4. The molecule has 0 saturated carbocycles. The summed E-state index contributed by atoms with van der Waals surface area (Å²) >= 11 is 0. The van der Waals surface area contributed by atoms with Gasteiger partial charge in [0.15, 0.2) is 0 Å². The molecule has 0 radical (unpaired) electrons. The molecule has 0 aromatic carbocycles. The van der Waals surface area contributed by atoms with Gasteiger partial charge in [-0.1, -0.05) is 0 Å². The fourth-order valence-corrected chi connectivity index (χ4v) is 2.04. The summed E-state index contributed by atoms with van der Waals surface area (Å²) in [5.74, 6) is -0.234. The number of carbonyl (C=O) groups is 2. The number of rotatable bonds is 6. The average Bonchev–Trinajstić information content (AvgIpc) is 2.37. The Morgan fingerprint density at radius 1 is 1.39 bits per heavy atom. The summed E-state index contributed by atoms with van der Waals surface area (Å²) in [6.07, 6.45) is 1.48. The molecule has 0 aromatic rings. The smallest absolute Gasteiger partial charge is 0.309 e. The summed E-state index contributed by atoms with van der Waals surface area (Å²) < 4.78 is 4.99. The molecule has 2 N–H and O–H groups in total. The molecule has 104 valence electrons. The van der Waals surface area contributed by atoms with E-state index in [-0.39, 0.29) is 30.9 Å². The van der Waals surface area contributed by atoms with E-state index in [0.29, 0.717) is 13.2 Å². The molecule has 1 fully saturated rings. The summed E-state index contributed by atoms with van der Waals surface area (Å²) in [4.78, 5) is 25.0. The molecule has 6 nitrogen and oxygen atoms in total. The maximum Gasteiger partial charge on any atom is 0.309 e. The van der Waals surface area contributed by atoms with Crippen LogP contribution in [0, 0.1) is 5.92 Å². The Morgan fingerprint density at radius 2 is 2.06 bits per heavy atom. The quantitative estimate of drug-likeness (QED) is 0.620. The Labute approximate surface area is 107 Å². The highest BCUT2D eigenvalue weighted by Crippen LogP contribution is 2.18. The topological polar surface area (TPSA) is 78.9 Å². The van der Waals surface area contributed by atoms with Crippen LogP contribution in [0.5, 0.6) is 0 Å². The molecular formula is C12H22N2O4. The van der Waals surface area contributed by atoms with Crippen molar-refractivity contribution in [2.45, 2.75) is 19.8 Å². The Hall–Kier alpha value is -1.14. The molecule has 1 saturated heterocycles. The monoisotopic (exact) mass is 258 g/mol. The second-order valence-electron chi connectivity index (χ2n) is 4.38. The maximum atomic E-state index is 11.5. The zero-order valence-corrected chi connectivity index (χ0v) is 10.9. The highest BCUT2D eigenvalue weighted by atomic mass is 16.5. The SMILES string of the molecule is CCOC(=O)C1CCN(CC(=O)NCCO)CC1. The van der Waals surface area contributed by atoms with Gasteiger partial charge in [-0.3, -0.25) is 14.5 Å². The number of carbonyl (C=O) groups excluding carboxylic acids is 2. The van der Waals surface area contributed by atoms with Gasteiger partial charge in [-0.05, 0) is 32.9 Å². The number of esters is 1. The highest BCUT2D eigenvalue weighted by molar-refractivity contribution is 5.78. The van der Waals surface area contributed by atoms with Gasteiger partial charge < -0.3 is 15.2 Å². The Balaban J connectivity index is 2.22. The molecule has 0 aliphatic carbocycles. The zero-order valence-electron chi connectivity index (χ0n) is 10.9. The number of piperidine rings is 1. The van der Waals surface area contributed by atoms with Crippen molar-refractivity contribution >= 4 is 11.9 Å². The summed E-state index contributed by atoms with van der Waals surface area (Å²) in [5.41, 5.74) is 0. The summed E-state index contributed by atoms with van der Waals surface area (Å²) in [5, 5.41) is 11.2. The predicted molar refractivity (Wildman–Crippen MR) is 65.9 cm³/mol. The van der Waals surface area contributed by atoms with Crippen molar-refractivity contribution in [1.29, 1.82) is 0 Å². The molecule has 1 heterocycles. The Kier molecular flexibility index (Phi) is 6.67. The largest absolute Gasteiger partial charge is 0.466 e. The number of amides is 1. The third-order valence-corrected chi connectivity index (χ3v) is 3.01. The van der Waals surface area contributed by atoms with Gasteiger partial charge in [-0.2, -0.15) is 0 Å². The molecule has 0 atom stereocenters. The highest BCUT2D eigenvalue weighted by Gasteiger charge is 2.26. The second-order valence-corrected chi connectivity index (χ2v) is 4.38. The van der Waals surface area contributed by atoms with Gasteiger partial charge >= 0.3 is 5.97 Å². The van der Waals surface area contributed by atoms with Gasteiger partial charge in [0.2, 0.25) is 5.91 Å². The number of nitrogens with zero attached hydrogens (tertiary/aromatic N) is 1. The van der Waals surface area contributed by atoms with E-state index >= 15 is 0 Å². The van der Waals surface area contributed by atoms with Crippen LogP contribution in [0.4, 0.5) is 0 Å². The molecule has 0 aromatic heterocycles. The van der Waals surface area contributed by atoms with E-state index in [4.69, 9.17) is 9.84 Å². The minimum absolute atomic E-state index is 0.0262.